The van der Waals surface area contributed by atoms with Crippen LogP contribution in [0.3, 0.4) is 0 Å². The molecule has 0 aliphatic heterocycles. The van der Waals surface area contributed by atoms with Gasteiger partial charge in [0.05, 0.1) is 0 Å². The van der Waals surface area contributed by atoms with Crippen molar-refractivity contribution in [2.24, 2.45) is 5.73 Å². The minimum atomic E-state index is 0.0392. The van der Waals surface area contributed by atoms with Gasteiger partial charge in [-0.05, 0) is 41.5 Å². The first-order valence-corrected chi connectivity index (χ1v) is 6.38. The Morgan fingerprint density at radius 3 is 1.94 bits per heavy atom. The molecule has 0 aliphatic rings. The van der Waals surface area contributed by atoms with Gasteiger partial charge in [-0.1, -0.05) is 32.9 Å². The Kier molecular flexibility index (Phi) is 4.08. The molecule has 0 heterocycles. The lowest BCUT2D eigenvalue weighted by Gasteiger charge is -2.24. The Hall–Kier alpha value is -0.470. The molecule has 1 nitrogen and oxygen atoms in total. The van der Waals surface area contributed by atoms with E-state index in [1.807, 2.05) is 0 Å². The molecule has 16 heavy (non-hydrogen) atoms. The van der Waals surface area contributed by atoms with E-state index >= 15 is 0 Å². The molecule has 1 unspecified atom stereocenters. The molecule has 0 bridgehead atoms. The van der Waals surface area contributed by atoms with Crippen molar-refractivity contribution in [3.8, 4) is 0 Å². The maximum Gasteiger partial charge on any atom is 0.0389 e. The van der Waals surface area contributed by atoms with E-state index in [0.29, 0.717) is 5.75 Å². The summed E-state index contributed by atoms with van der Waals surface area (Å²) in [5, 5.41) is 0. The Morgan fingerprint density at radius 1 is 1.19 bits per heavy atom. The third kappa shape index (κ3) is 2.80. The van der Waals surface area contributed by atoms with Crippen molar-refractivity contribution in [2.75, 3.05) is 5.75 Å². The van der Waals surface area contributed by atoms with Gasteiger partial charge in [0.1, 0.15) is 0 Å². The summed E-state index contributed by atoms with van der Waals surface area (Å²) in [4.78, 5) is 0. The van der Waals surface area contributed by atoms with Crippen molar-refractivity contribution in [2.45, 2.75) is 46.1 Å². The van der Waals surface area contributed by atoms with Crippen LogP contribution in [0.2, 0.25) is 0 Å². The Labute approximate surface area is 105 Å². The van der Waals surface area contributed by atoms with Crippen LogP contribution in [0.15, 0.2) is 12.1 Å². The molecule has 2 heteroatoms. The quantitative estimate of drug-likeness (QED) is 0.756. The number of rotatable bonds is 2. The standard InChI is InChI=1S/C14H23NS/c1-9-6-11(14(3,4)5)7-10(2)13(9)12(15)8-16/h6-7,12,16H,8,15H2,1-5H3. The summed E-state index contributed by atoms with van der Waals surface area (Å²) in [6.45, 7) is 11.0. The molecule has 1 atom stereocenters. The Bertz CT molecular complexity index is 354. The van der Waals surface area contributed by atoms with Crippen molar-refractivity contribution in [3.63, 3.8) is 0 Å². The second-order valence-electron chi connectivity index (χ2n) is 5.56. The molecule has 1 rings (SSSR count). The first-order chi connectivity index (χ1) is 7.27. The lowest BCUT2D eigenvalue weighted by Crippen LogP contribution is -2.17. The lowest BCUT2D eigenvalue weighted by atomic mass is 9.83. The predicted molar refractivity (Wildman–Crippen MR) is 75.4 cm³/mol. The normalized spacial score (nSPS) is 13.9. The fraction of sp³-hybridized carbons (Fsp3) is 0.571. The Balaban J connectivity index is 3.28. The zero-order valence-corrected chi connectivity index (χ0v) is 11.9. The highest BCUT2D eigenvalue weighted by molar-refractivity contribution is 7.80. The van der Waals surface area contributed by atoms with Crippen LogP contribution in [-0.4, -0.2) is 5.75 Å². The smallest absolute Gasteiger partial charge is 0.0389 e. The van der Waals surface area contributed by atoms with E-state index in [9.17, 15) is 0 Å². The van der Waals surface area contributed by atoms with Crippen LogP contribution < -0.4 is 5.73 Å². The summed E-state index contributed by atoms with van der Waals surface area (Å²) >= 11 is 4.28. The number of hydrogen-bond acceptors (Lipinski definition) is 2. The average Bonchev–Trinajstić information content (AvgIpc) is 2.14. The monoisotopic (exact) mass is 237 g/mol. The van der Waals surface area contributed by atoms with E-state index in [1.54, 1.807) is 0 Å². The summed E-state index contributed by atoms with van der Waals surface area (Å²) in [6.07, 6.45) is 0. The zero-order chi connectivity index (χ0) is 12.5. The highest BCUT2D eigenvalue weighted by atomic mass is 32.1. The first kappa shape index (κ1) is 13.6. The SMILES string of the molecule is Cc1cc(C(C)(C)C)cc(C)c1C(N)CS. The number of nitrogens with two attached hydrogens (primary N) is 1. The van der Waals surface area contributed by atoms with Crippen molar-refractivity contribution in [3.05, 3.63) is 34.4 Å². The van der Waals surface area contributed by atoms with E-state index in [0.717, 1.165) is 0 Å². The van der Waals surface area contributed by atoms with Crippen LogP contribution >= 0.6 is 12.6 Å². The van der Waals surface area contributed by atoms with E-state index in [4.69, 9.17) is 5.73 Å². The van der Waals surface area contributed by atoms with Crippen molar-refractivity contribution < 1.29 is 0 Å². The van der Waals surface area contributed by atoms with E-state index < -0.39 is 0 Å². The fourth-order valence-electron chi connectivity index (χ4n) is 2.08. The number of thiol groups is 1. The van der Waals surface area contributed by atoms with Crippen LogP contribution in [-0.2, 0) is 5.41 Å². The molecule has 0 saturated heterocycles. The molecular weight excluding hydrogens is 214 g/mol. The molecular formula is C14H23NS. The minimum absolute atomic E-state index is 0.0392. The molecule has 0 spiro atoms. The molecule has 0 aliphatic carbocycles. The maximum absolute atomic E-state index is 6.08. The molecule has 0 fully saturated rings. The third-order valence-electron chi connectivity index (χ3n) is 3.03. The average molecular weight is 237 g/mol. The molecule has 0 radical (unpaired) electrons. The van der Waals surface area contributed by atoms with Gasteiger partial charge in [0.2, 0.25) is 0 Å². The number of hydrogen-bond donors (Lipinski definition) is 2. The van der Waals surface area contributed by atoms with Gasteiger partial charge in [-0.3, -0.25) is 0 Å². The first-order valence-electron chi connectivity index (χ1n) is 5.75. The van der Waals surface area contributed by atoms with Crippen LogP contribution in [0.25, 0.3) is 0 Å². The molecule has 0 saturated carbocycles. The fourth-order valence-corrected chi connectivity index (χ4v) is 2.27. The summed E-state index contributed by atoms with van der Waals surface area (Å²) in [6, 6.07) is 4.55. The van der Waals surface area contributed by atoms with Crippen molar-refractivity contribution in [1.29, 1.82) is 0 Å². The zero-order valence-electron chi connectivity index (χ0n) is 11.0. The largest absolute Gasteiger partial charge is 0.323 e. The van der Waals surface area contributed by atoms with Crippen LogP contribution in [0.1, 0.15) is 49.1 Å². The third-order valence-corrected chi connectivity index (χ3v) is 3.42. The number of aryl methyl sites for hydroxylation is 2. The van der Waals surface area contributed by atoms with Gasteiger partial charge in [-0.15, -0.1) is 0 Å². The van der Waals surface area contributed by atoms with E-state index in [1.165, 1.54) is 22.3 Å². The molecule has 0 aromatic heterocycles. The number of benzene rings is 1. The van der Waals surface area contributed by atoms with Crippen molar-refractivity contribution >= 4 is 12.6 Å². The van der Waals surface area contributed by atoms with E-state index in [-0.39, 0.29) is 11.5 Å². The predicted octanol–water partition coefficient (Wildman–Crippen LogP) is 3.53. The van der Waals surface area contributed by atoms with Crippen LogP contribution in [0.4, 0.5) is 0 Å². The topological polar surface area (TPSA) is 26.0 Å². The van der Waals surface area contributed by atoms with Gasteiger partial charge in [-0.25, -0.2) is 0 Å². The summed E-state index contributed by atoms with van der Waals surface area (Å²) < 4.78 is 0. The van der Waals surface area contributed by atoms with Gasteiger partial charge in [0.15, 0.2) is 0 Å². The van der Waals surface area contributed by atoms with Crippen molar-refractivity contribution in [1.82, 2.24) is 0 Å². The molecule has 0 amide bonds. The molecule has 1 aromatic carbocycles. The van der Waals surface area contributed by atoms with Gasteiger partial charge in [-0.2, -0.15) is 12.6 Å². The lowest BCUT2D eigenvalue weighted by molar-refractivity contribution is 0.588. The molecule has 1 aromatic rings. The molecule has 2 N–H and O–H groups in total. The maximum atomic E-state index is 6.08. The Morgan fingerprint density at radius 2 is 1.62 bits per heavy atom. The van der Waals surface area contributed by atoms with Gasteiger partial charge in [0.25, 0.3) is 0 Å². The van der Waals surface area contributed by atoms with E-state index in [2.05, 4.69) is 59.4 Å². The summed E-state index contributed by atoms with van der Waals surface area (Å²) in [5.74, 6) is 0.691. The highest BCUT2D eigenvalue weighted by Crippen LogP contribution is 2.29. The summed E-state index contributed by atoms with van der Waals surface area (Å²) in [5.41, 5.74) is 11.5. The van der Waals surface area contributed by atoms with Crippen LogP contribution in [0.5, 0.6) is 0 Å². The van der Waals surface area contributed by atoms with Crippen LogP contribution in [0, 0.1) is 13.8 Å². The minimum Gasteiger partial charge on any atom is -0.323 e. The second kappa shape index (κ2) is 4.80. The van der Waals surface area contributed by atoms with Gasteiger partial charge >= 0.3 is 0 Å². The van der Waals surface area contributed by atoms with Gasteiger partial charge < -0.3 is 5.73 Å². The second-order valence-corrected chi connectivity index (χ2v) is 5.93. The summed E-state index contributed by atoms with van der Waals surface area (Å²) in [7, 11) is 0. The molecule has 90 valence electrons. The highest BCUT2D eigenvalue weighted by Gasteiger charge is 2.18. The van der Waals surface area contributed by atoms with Gasteiger partial charge in [0, 0.05) is 11.8 Å².